The molecule has 0 aromatic heterocycles. The number of hydrogen-bond donors (Lipinski definition) is 2. The third kappa shape index (κ3) is 5.63. The van der Waals surface area contributed by atoms with Gasteiger partial charge in [-0.1, -0.05) is 13.8 Å². The highest BCUT2D eigenvalue weighted by Crippen LogP contribution is 2.09. The van der Waals surface area contributed by atoms with E-state index >= 15 is 0 Å². The van der Waals surface area contributed by atoms with Crippen LogP contribution in [0.3, 0.4) is 0 Å². The maximum atomic E-state index is 5.39. The molecule has 0 aromatic rings. The molecular weight excluding hydrogens is 258 g/mol. The molecule has 0 amide bonds. The molecule has 0 aromatic carbocycles. The third-order valence-corrected chi connectivity index (χ3v) is 3.64. The van der Waals surface area contributed by atoms with Crippen molar-refractivity contribution in [2.75, 3.05) is 39.4 Å². The standard InChI is InChI=1S/C14H29N3OS/c1-4-6-16(7-5-2)13(3)15-14(12-19)17-8-10-18-11-9-17/h12-13,15,19H,4-11H2,1-3H3/b14-12+. The Morgan fingerprint density at radius 3 is 2.37 bits per heavy atom. The fourth-order valence-electron chi connectivity index (χ4n) is 2.39. The van der Waals surface area contributed by atoms with Gasteiger partial charge < -0.3 is 15.0 Å². The Morgan fingerprint density at radius 2 is 1.89 bits per heavy atom. The van der Waals surface area contributed by atoms with Gasteiger partial charge in [-0.05, 0) is 32.9 Å². The molecule has 1 heterocycles. The van der Waals surface area contributed by atoms with Crippen molar-refractivity contribution in [2.45, 2.75) is 39.8 Å². The molecule has 1 saturated heterocycles. The predicted octanol–water partition coefficient (Wildman–Crippen LogP) is 2.10. The summed E-state index contributed by atoms with van der Waals surface area (Å²) >= 11 is 4.35. The topological polar surface area (TPSA) is 27.7 Å². The molecule has 0 spiro atoms. The lowest BCUT2D eigenvalue weighted by Gasteiger charge is -2.36. The van der Waals surface area contributed by atoms with E-state index in [1.165, 1.54) is 12.8 Å². The van der Waals surface area contributed by atoms with Crippen molar-refractivity contribution >= 4 is 12.6 Å². The van der Waals surface area contributed by atoms with Crippen molar-refractivity contribution in [2.24, 2.45) is 0 Å². The van der Waals surface area contributed by atoms with E-state index < -0.39 is 0 Å². The second-order valence-electron chi connectivity index (χ2n) is 4.97. The van der Waals surface area contributed by atoms with Crippen LogP contribution in [0.15, 0.2) is 11.2 Å². The first-order chi connectivity index (χ1) is 9.22. The lowest BCUT2D eigenvalue weighted by Crippen LogP contribution is -2.48. The Kier molecular flexibility index (Phi) is 8.34. The van der Waals surface area contributed by atoms with Crippen molar-refractivity contribution in [3.8, 4) is 0 Å². The van der Waals surface area contributed by atoms with Gasteiger partial charge in [-0.2, -0.15) is 0 Å². The molecule has 0 radical (unpaired) electrons. The van der Waals surface area contributed by atoms with Crippen molar-refractivity contribution in [1.82, 2.24) is 15.1 Å². The van der Waals surface area contributed by atoms with E-state index in [0.717, 1.165) is 45.2 Å². The number of nitrogens with one attached hydrogen (secondary N) is 1. The second-order valence-corrected chi connectivity index (χ2v) is 5.23. The van der Waals surface area contributed by atoms with Crippen molar-refractivity contribution in [1.29, 1.82) is 0 Å². The third-order valence-electron chi connectivity index (χ3n) is 3.40. The van der Waals surface area contributed by atoms with Gasteiger partial charge in [0.2, 0.25) is 0 Å². The van der Waals surface area contributed by atoms with Gasteiger partial charge in [0.15, 0.2) is 0 Å². The molecule has 1 aliphatic heterocycles. The maximum Gasteiger partial charge on any atom is 0.109 e. The minimum absolute atomic E-state index is 0.334. The van der Waals surface area contributed by atoms with E-state index in [-0.39, 0.29) is 0 Å². The molecule has 0 saturated carbocycles. The minimum Gasteiger partial charge on any atom is -0.378 e. The zero-order valence-electron chi connectivity index (χ0n) is 12.6. The molecule has 1 atom stereocenters. The van der Waals surface area contributed by atoms with E-state index in [0.29, 0.717) is 6.17 Å². The maximum absolute atomic E-state index is 5.39. The SMILES string of the molecule is CCCN(CCC)C(C)N/C(=C\S)N1CCOCC1. The summed E-state index contributed by atoms with van der Waals surface area (Å²) in [7, 11) is 0. The first-order valence-corrected chi connectivity index (χ1v) is 7.92. The highest BCUT2D eigenvalue weighted by atomic mass is 32.1. The van der Waals surface area contributed by atoms with Crippen molar-refractivity contribution in [3.63, 3.8) is 0 Å². The van der Waals surface area contributed by atoms with Gasteiger partial charge in [-0.25, -0.2) is 0 Å². The molecule has 19 heavy (non-hydrogen) atoms. The van der Waals surface area contributed by atoms with Gasteiger partial charge >= 0.3 is 0 Å². The zero-order chi connectivity index (χ0) is 14.1. The first-order valence-electron chi connectivity index (χ1n) is 7.40. The number of morpholine rings is 1. The fraction of sp³-hybridized carbons (Fsp3) is 0.857. The average Bonchev–Trinajstić information content (AvgIpc) is 2.45. The molecule has 1 aliphatic rings. The Hall–Kier alpha value is -0.390. The summed E-state index contributed by atoms with van der Waals surface area (Å²) in [5.41, 5.74) is 0. The van der Waals surface area contributed by atoms with Gasteiger partial charge in [-0.15, -0.1) is 12.6 Å². The Labute approximate surface area is 123 Å². The summed E-state index contributed by atoms with van der Waals surface area (Å²) in [5.74, 6) is 1.11. The fourth-order valence-corrected chi connectivity index (χ4v) is 2.63. The van der Waals surface area contributed by atoms with Crippen LogP contribution in [0.5, 0.6) is 0 Å². The van der Waals surface area contributed by atoms with Crippen molar-refractivity contribution in [3.05, 3.63) is 11.2 Å². The van der Waals surface area contributed by atoms with E-state index in [4.69, 9.17) is 4.74 Å². The van der Waals surface area contributed by atoms with Crippen molar-refractivity contribution < 1.29 is 4.74 Å². The molecule has 112 valence electrons. The lowest BCUT2D eigenvalue weighted by molar-refractivity contribution is 0.0464. The smallest absolute Gasteiger partial charge is 0.109 e. The quantitative estimate of drug-likeness (QED) is 0.528. The monoisotopic (exact) mass is 287 g/mol. The predicted molar refractivity (Wildman–Crippen MR) is 84.2 cm³/mol. The molecule has 1 N–H and O–H groups in total. The average molecular weight is 287 g/mol. The summed E-state index contributed by atoms with van der Waals surface area (Å²) in [5, 5.41) is 5.46. The highest BCUT2D eigenvalue weighted by Gasteiger charge is 2.17. The summed E-state index contributed by atoms with van der Waals surface area (Å²) in [6.45, 7) is 12.4. The number of ether oxygens (including phenoxy) is 1. The number of hydrogen-bond acceptors (Lipinski definition) is 5. The summed E-state index contributed by atoms with van der Waals surface area (Å²) < 4.78 is 5.39. The van der Waals surface area contributed by atoms with Gasteiger partial charge in [0.1, 0.15) is 5.82 Å². The van der Waals surface area contributed by atoms with E-state index in [2.05, 4.69) is 48.5 Å². The minimum atomic E-state index is 0.334. The van der Waals surface area contributed by atoms with E-state index in [1.54, 1.807) is 0 Å². The van der Waals surface area contributed by atoms with Crippen LogP contribution in [0.1, 0.15) is 33.6 Å². The Morgan fingerprint density at radius 1 is 1.32 bits per heavy atom. The molecular formula is C14H29N3OS. The summed E-state index contributed by atoms with van der Waals surface area (Å²) in [6.07, 6.45) is 2.70. The number of nitrogens with zero attached hydrogens (tertiary/aromatic N) is 2. The van der Waals surface area contributed by atoms with E-state index in [9.17, 15) is 0 Å². The Balaban J connectivity index is 2.52. The number of rotatable bonds is 8. The van der Waals surface area contributed by atoms with Gasteiger partial charge in [0, 0.05) is 18.5 Å². The van der Waals surface area contributed by atoms with Gasteiger partial charge in [0.25, 0.3) is 0 Å². The van der Waals surface area contributed by atoms with Crippen LogP contribution >= 0.6 is 12.6 Å². The van der Waals surface area contributed by atoms with Crippen LogP contribution in [0.25, 0.3) is 0 Å². The highest BCUT2D eigenvalue weighted by molar-refractivity contribution is 7.83. The second kappa shape index (κ2) is 9.50. The molecule has 1 unspecified atom stereocenters. The zero-order valence-corrected chi connectivity index (χ0v) is 13.5. The molecule has 0 aliphatic carbocycles. The Bertz CT molecular complexity index is 261. The van der Waals surface area contributed by atoms with Crippen LogP contribution in [0, 0.1) is 0 Å². The molecule has 5 heteroatoms. The summed E-state index contributed by atoms with van der Waals surface area (Å²) in [4.78, 5) is 4.79. The largest absolute Gasteiger partial charge is 0.378 e. The molecule has 4 nitrogen and oxygen atoms in total. The van der Waals surface area contributed by atoms with E-state index in [1.807, 2.05) is 5.41 Å². The van der Waals surface area contributed by atoms with Crippen LogP contribution in [0.2, 0.25) is 0 Å². The van der Waals surface area contributed by atoms with Crippen LogP contribution in [-0.2, 0) is 4.74 Å². The molecule has 1 rings (SSSR count). The first kappa shape index (κ1) is 16.7. The van der Waals surface area contributed by atoms with Crippen LogP contribution in [0.4, 0.5) is 0 Å². The van der Waals surface area contributed by atoms with Crippen LogP contribution in [-0.4, -0.2) is 55.4 Å². The van der Waals surface area contributed by atoms with Gasteiger partial charge in [0.05, 0.1) is 19.4 Å². The molecule has 1 fully saturated rings. The van der Waals surface area contributed by atoms with Gasteiger partial charge in [-0.3, -0.25) is 4.90 Å². The number of thiol groups is 1. The summed E-state index contributed by atoms with van der Waals surface area (Å²) in [6, 6.07) is 0. The van der Waals surface area contributed by atoms with Crippen LogP contribution < -0.4 is 5.32 Å². The lowest BCUT2D eigenvalue weighted by atomic mass is 10.3. The normalized spacial score (nSPS) is 18.8. The molecule has 0 bridgehead atoms.